The molecule has 0 unspecified atom stereocenters. The minimum atomic E-state index is -0.714. The van der Waals surface area contributed by atoms with Crippen molar-refractivity contribution in [2.45, 2.75) is 25.5 Å². The molecule has 54 valence electrons. The molecule has 0 aliphatic rings. The van der Waals surface area contributed by atoms with Gasteiger partial charge >= 0.3 is 5.97 Å². The number of rotatable bonds is 4. The van der Waals surface area contributed by atoms with Crippen LogP contribution in [-0.2, 0) is 4.79 Å². The predicted molar refractivity (Wildman–Crippen MR) is 39.8 cm³/mol. The number of hydrogen-bond donors (Lipinski definition) is 1. The fourth-order valence-electron chi connectivity index (χ4n) is 0.366. The summed E-state index contributed by atoms with van der Waals surface area (Å²) in [5, 5.41) is 8.14. The molecule has 0 saturated carbocycles. The summed E-state index contributed by atoms with van der Waals surface area (Å²) in [6.07, 6.45) is 1.04. The normalized spacial score (nSPS) is 13.1. The molecule has 0 bridgehead atoms. The van der Waals surface area contributed by atoms with Gasteiger partial charge in [0.25, 0.3) is 0 Å². The second-order valence-electron chi connectivity index (χ2n) is 1.85. The molecule has 0 aliphatic carbocycles. The van der Waals surface area contributed by atoms with Crippen LogP contribution in [0.25, 0.3) is 0 Å². The summed E-state index contributed by atoms with van der Waals surface area (Å²) in [6.45, 7) is 3.75. The lowest BCUT2D eigenvalue weighted by Gasteiger charge is -2.02. The second kappa shape index (κ2) is 4.68. The van der Waals surface area contributed by atoms with Crippen LogP contribution in [0, 0.1) is 0 Å². The molecule has 0 heterocycles. The Morgan fingerprint density at radius 3 is 2.67 bits per heavy atom. The summed E-state index contributed by atoms with van der Waals surface area (Å²) in [6, 6.07) is 0. The molecule has 2 nitrogen and oxygen atoms in total. The zero-order valence-electron chi connectivity index (χ0n) is 5.76. The standard InChI is InChI=1S/C6H12O2S/c1-3-4-9-5(2)6(7)8/h5H,3-4H2,1-2H3,(H,7,8)/t5-/m0/s1. The van der Waals surface area contributed by atoms with Crippen LogP contribution in [0.15, 0.2) is 0 Å². The van der Waals surface area contributed by atoms with Crippen molar-refractivity contribution in [3.8, 4) is 0 Å². The third-order valence-corrected chi connectivity index (χ3v) is 2.27. The maximum atomic E-state index is 10.2. The number of carbonyl (C=O) groups is 1. The van der Waals surface area contributed by atoms with E-state index in [1.165, 1.54) is 11.8 Å². The molecule has 0 spiro atoms. The maximum absolute atomic E-state index is 10.2. The lowest BCUT2D eigenvalue weighted by molar-refractivity contribution is -0.136. The first kappa shape index (κ1) is 8.82. The first-order valence-corrected chi connectivity index (χ1v) is 4.07. The molecular formula is C6H12O2S. The largest absolute Gasteiger partial charge is 0.480 e. The Labute approximate surface area is 59.6 Å². The quantitative estimate of drug-likeness (QED) is 0.658. The monoisotopic (exact) mass is 148 g/mol. The highest BCUT2D eigenvalue weighted by Gasteiger charge is 2.08. The van der Waals surface area contributed by atoms with Crippen molar-refractivity contribution >= 4 is 17.7 Å². The SMILES string of the molecule is CCCS[C@@H](C)C(=O)O. The van der Waals surface area contributed by atoms with E-state index in [1.807, 2.05) is 6.92 Å². The Bertz CT molecular complexity index is 93.1. The first-order chi connectivity index (χ1) is 4.18. The van der Waals surface area contributed by atoms with E-state index in [9.17, 15) is 4.79 Å². The molecule has 0 amide bonds. The third kappa shape index (κ3) is 4.33. The number of aliphatic carboxylic acids is 1. The second-order valence-corrected chi connectivity index (χ2v) is 3.30. The Balaban J connectivity index is 3.27. The van der Waals surface area contributed by atoms with Crippen LogP contribution in [0.3, 0.4) is 0 Å². The summed E-state index contributed by atoms with van der Waals surface area (Å²) >= 11 is 1.48. The Morgan fingerprint density at radius 2 is 2.33 bits per heavy atom. The van der Waals surface area contributed by atoms with E-state index < -0.39 is 5.97 Å². The number of hydrogen-bond acceptors (Lipinski definition) is 2. The van der Waals surface area contributed by atoms with Crippen molar-refractivity contribution in [2.24, 2.45) is 0 Å². The molecular weight excluding hydrogens is 136 g/mol. The van der Waals surface area contributed by atoms with Gasteiger partial charge in [0, 0.05) is 0 Å². The van der Waals surface area contributed by atoms with Crippen LogP contribution < -0.4 is 0 Å². The molecule has 1 atom stereocenters. The average molecular weight is 148 g/mol. The molecule has 3 heteroatoms. The van der Waals surface area contributed by atoms with Crippen LogP contribution in [0.4, 0.5) is 0 Å². The van der Waals surface area contributed by atoms with Crippen molar-refractivity contribution in [3.05, 3.63) is 0 Å². The van der Waals surface area contributed by atoms with Gasteiger partial charge in [0.05, 0.1) is 5.25 Å². The lowest BCUT2D eigenvalue weighted by Crippen LogP contribution is -2.11. The molecule has 0 radical (unpaired) electrons. The van der Waals surface area contributed by atoms with Gasteiger partial charge in [-0.05, 0) is 19.1 Å². The van der Waals surface area contributed by atoms with Gasteiger partial charge in [0.1, 0.15) is 0 Å². The van der Waals surface area contributed by atoms with Crippen LogP contribution in [0.5, 0.6) is 0 Å². The van der Waals surface area contributed by atoms with E-state index in [-0.39, 0.29) is 5.25 Å². The zero-order valence-corrected chi connectivity index (χ0v) is 6.57. The molecule has 0 aromatic heterocycles. The van der Waals surface area contributed by atoms with Gasteiger partial charge in [0.2, 0.25) is 0 Å². The van der Waals surface area contributed by atoms with Crippen molar-refractivity contribution in [1.29, 1.82) is 0 Å². The van der Waals surface area contributed by atoms with Gasteiger partial charge in [-0.1, -0.05) is 6.92 Å². The number of thioether (sulfide) groups is 1. The molecule has 0 aromatic rings. The Kier molecular flexibility index (Phi) is 4.58. The van der Waals surface area contributed by atoms with Crippen LogP contribution in [0.2, 0.25) is 0 Å². The highest BCUT2D eigenvalue weighted by molar-refractivity contribution is 8.00. The highest BCUT2D eigenvalue weighted by atomic mass is 32.2. The van der Waals surface area contributed by atoms with Crippen molar-refractivity contribution in [1.82, 2.24) is 0 Å². The number of carboxylic acid groups (broad SMARTS) is 1. The molecule has 0 aromatic carbocycles. The third-order valence-electron chi connectivity index (χ3n) is 0.920. The maximum Gasteiger partial charge on any atom is 0.316 e. The van der Waals surface area contributed by atoms with Crippen molar-refractivity contribution in [2.75, 3.05) is 5.75 Å². The summed E-state index contributed by atoms with van der Waals surface area (Å²) in [5.74, 6) is 0.224. The van der Waals surface area contributed by atoms with Gasteiger partial charge in [-0.3, -0.25) is 4.79 Å². The Morgan fingerprint density at radius 1 is 1.78 bits per heavy atom. The topological polar surface area (TPSA) is 37.3 Å². The first-order valence-electron chi connectivity index (χ1n) is 3.03. The summed E-state index contributed by atoms with van der Waals surface area (Å²) in [5.41, 5.74) is 0. The van der Waals surface area contributed by atoms with Gasteiger partial charge < -0.3 is 5.11 Å². The summed E-state index contributed by atoms with van der Waals surface area (Å²) < 4.78 is 0. The van der Waals surface area contributed by atoms with Gasteiger partial charge in [-0.15, -0.1) is 11.8 Å². The Hall–Kier alpha value is -0.180. The molecule has 9 heavy (non-hydrogen) atoms. The summed E-state index contributed by atoms with van der Waals surface area (Å²) in [7, 11) is 0. The van der Waals surface area contributed by atoms with Crippen LogP contribution in [-0.4, -0.2) is 22.1 Å². The number of carboxylic acids is 1. The van der Waals surface area contributed by atoms with Crippen molar-refractivity contribution in [3.63, 3.8) is 0 Å². The smallest absolute Gasteiger partial charge is 0.316 e. The molecule has 0 aliphatic heterocycles. The lowest BCUT2D eigenvalue weighted by atomic mass is 10.5. The molecule has 0 rings (SSSR count). The fraction of sp³-hybridized carbons (Fsp3) is 0.833. The van der Waals surface area contributed by atoms with Crippen LogP contribution in [0.1, 0.15) is 20.3 Å². The minimum Gasteiger partial charge on any atom is -0.480 e. The highest BCUT2D eigenvalue weighted by Crippen LogP contribution is 2.10. The van der Waals surface area contributed by atoms with E-state index in [0.717, 1.165) is 12.2 Å². The van der Waals surface area contributed by atoms with E-state index in [4.69, 9.17) is 5.11 Å². The van der Waals surface area contributed by atoms with E-state index in [2.05, 4.69) is 0 Å². The predicted octanol–water partition coefficient (Wildman–Crippen LogP) is 1.60. The minimum absolute atomic E-state index is 0.245. The van der Waals surface area contributed by atoms with E-state index in [1.54, 1.807) is 6.92 Å². The van der Waals surface area contributed by atoms with E-state index in [0.29, 0.717) is 0 Å². The molecule has 0 fully saturated rings. The van der Waals surface area contributed by atoms with Gasteiger partial charge in [-0.2, -0.15) is 0 Å². The molecule has 1 N–H and O–H groups in total. The summed E-state index contributed by atoms with van der Waals surface area (Å²) in [4.78, 5) is 10.2. The van der Waals surface area contributed by atoms with Gasteiger partial charge in [-0.25, -0.2) is 0 Å². The fourth-order valence-corrected chi connectivity index (χ4v) is 1.10. The average Bonchev–Trinajstić information content (AvgIpc) is 1.82. The molecule has 0 saturated heterocycles. The zero-order chi connectivity index (χ0) is 7.28. The van der Waals surface area contributed by atoms with E-state index >= 15 is 0 Å². The van der Waals surface area contributed by atoms with Crippen molar-refractivity contribution < 1.29 is 9.90 Å². The van der Waals surface area contributed by atoms with Gasteiger partial charge in [0.15, 0.2) is 0 Å². The van der Waals surface area contributed by atoms with Crippen LogP contribution >= 0.6 is 11.8 Å².